The number of aromatic nitrogens is 15. The second-order valence-electron chi connectivity index (χ2n) is 33.6. The third-order valence-electron chi connectivity index (χ3n) is 24.1. The number of aryl methyl sites for hydroxylation is 5. The molecule has 19 rings (SSSR count). The van der Waals surface area contributed by atoms with Crippen LogP contribution in [0.5, 0.6) is 17.2 Å². The fourth-order valence-electron chi connectivity index (χ4n) is 17.1. The Hall–Kier alpha value is -16.7. The summed E-state index contributed by atoms with van der Waals surface area (Å²) in [4.78, 5) is 130. The second-order valence-corrected chi connectivity index (χ2v) is 33.6. The number of nitrogens with two attached hydrogens (primary N) is 3. The number of ether oxygens (including phenoxy) is 5. The molecule has 11 heterocycles. The SMILES string of the molecule is COC(=O)[C@@H]1CCCN1.COC(=O)[C@@H]1CCCN1C(=O)c1cc(C)ccc1-n1nccn1.COc1ccc(CC(=O)[C@@H]2CCCN2C(=O)c2cc(C)ccc2-n2nccn2)c(N)c1.COc1ccc(N)c(N)c1.COc1ccc2c(c1)CC([C@@H]1CCCN1C(=O)c1cc(C)ccc1-n1nccn1)=N2.Cc1ccc(-n2nccn2)c(C(=O)N2CCC[C@H]2C(=O)O)c1.Cc1ccc(-n2nccn2)c(C(=O)O)c1. The number of anilines is 3. The van der Waals surface area contributed by atoms with Crippen LogP contribution in [-0.4, -0.2) is 262 Å². The first-order valence-corrected chi connectivity index (χ1v) is 45.4. The number of nitrogens with zero attached hydrogens (tertiary/aromatic N) is 20. The Morgan fingerprint density at radius 3 is 1.12 bits per heavy atom. The Morgan fingerprint density at radius 2 is 0.729 bits per heavy atom. The molecule has 6 aliphatic heterocycles. The zero-order valence-electron chi connectivity index (χ0n) is 79.3. The number of hydrogen-bond acceptors (Lipinski definition) is 29. The second kappa shape index (κ2) is 47.2. The molecule has 8 aromatic carbocycles. The lowest BCUT2D eigenvalue weighted by molar-refractivity contribution is -0.145. The molecule has 5 saturated heterocycles. The minimum atomic E-state index is -0.981. The van der Waals surface area contributed by atoms with Crippen LogP contribution in [-0.2, 0) is 41.5 Å². The van der Waals surface area contributed by atoms with E-state index in [-0.39, 0.29) is 65.4 Å². The largest absolute Gasteiger partial charge is 0.497 e. The molecule has 4 amide bonds. The molecule has 9 N–H and O–H groups in total. The molecule has 5 aromatic heterocycles. The van der Waals surface area contributed by atoms with E-state index in [1.165, 1.54) is 67.9 Å². The van der Waals surface area contributed by atoms with Crippen LogP contribution >= 0.6 is 0 Å². The summed E-state index contributed by atoms with van der Waals surface area (Å²) in [5.41, 5.74) is 32.5. The number of esters is 2. The van der Waals surface area contributed by atoms with E-state index < -0.39 is 30.1 Å². The lowest BCUT2D eigenvalue weighted by Crippen LogP contribution is -2.41. The first-order chi connectivity index (χ1) is 67.6. The van der Waals surface area contributed by atoms with E-state index in [0.717, 1.165) is 120 Å². The van der Waals surface area contributed by atoms with Crippen LogP contribution in [0.3, 0.4) is 0 Å². The number of benzene rings is 8. The number of likely N-dealkylation sites (tertiary alicyclic amines) is 4. The van der Waals surface area contributed by atoms with Gasteiger partial charge >= 0.3 is 23.9 Å². The van der Waals surface area contributed by atoms with Crippen molar-refractivity contribution in [2.24, 2.45) is 4.99 Å². The first kappa shape index (κ1) is 101. The number of carboxylic acids is 2. The molecule has 5 fully saturated rings. The van der Waals surface area contributed by atoms with Gasteiger partial charge in [0.2, 0.25) is 0 Å². The Bertz CT molecular complexity index is 6570. The lowest BCUT2D eigenvalue weighted by Gasteiger charge is -2.26. The summed E-state index contributed by atoms with van der Waals surface area (Å²) in [6.07, 6.45) is 24.4. The molecule has 0 unspecified atom stereocenters. The van der Waals surface area contributed by atoms with E-state index in [2.05, 4.69) is 61.0 Å². The monoisotopic (exact) mass is 1900 g/mol. The number of carbonyl (C=O) groups is 9. The van der Waals surface area contributed by atoms with E-state index in [9.17, 15) is 48.3 Å². The normalized spacial score (nSPS) is 16.4. The van der Waals surface area contributed by atoms with Crippen molar-refractivity contribution >= 4 is 81.8 Å². The summed E-state index contributed by atoms with van der Waals surface area (Å²) in [7, 11) is 7.59. The van der Waals surface area contributed by atoms with Gasteiger partial charge in [0.25, 0.3) is 23.6 Å². The summed E-state index contributed by atoms with van der Waals surface area (Å²) in [6, 6.07) is 42.0. The van der Waals surface area contributed by atoms with E-state index in [4.69, 9.17) is 46.2 Å². The van der Waals surface area contributed by atoms with E-state index in [1.807, 2.05) is 118 Å². The molecule has 140 heavy (non-hydrogen) atoms. The number of carboxylic acid groups (broad SMARTS) is 2. The average Bonchev–Trinajstić information content (AvgIpc) is 1.62. The smallest absolute Gasteiger partial charge is 0.337 e. The number of nitrogens with one attached hydrogen (secondary N) is 1. The zero-order valence-corrected chi connectivity index (χ0v) is 79.3. The zero-order chi connectivity index (χ0) is 99.8. The minimum Gasteiger partial charge on any atom is -0.497 e. The number of methoxy groups -OCH3 is 5. The quantitative estimate of drug-likeness (QED) is 0.0305. The fourth-order valence-corrected chi connectivity index (χ4v) is 17.1. The Kier molecular flexibility index (Phi) is 34.0. The molecule has 728 valence electrons. The number of carbonyl (C=O) groups excluding carboxylic acids is 7. The van der Waals surface area contributed by atoms with Gasteiger partial charge in [0.1, 0.15) is 41.1 Å². The van der Waals surface area contributed by atoms with Crippen molar-refractivity contribution in [2.75, 3.05) is 85.5 Å². The maximum Gasteiger partial charge on any atom is 0.337 e. The van der Waals surface area contributed by atoms with Gasteiger partial charge in [-0.1, -0.05) is 64.2 Å². The number of aliphatic imine (C=N–C) groups is 1. The van der Waals surface area contributed by atoms with Gasteiger partial charge in [0.05, 0.1) is 177 Å². The van der Waals surface area contributed by atoms with Gasteiger partial charge in [-0.15, -0.1) is 0 Å². The van der Waals surface area contributed by atoms with Crippen LogP contribution in [0.2, 0.25) is 0 Å². The van der Waals surface area contributed by atoms with Gasteiger partial charge in [-0.25, -0.2) is 14.4 Å². The Labute approximate surface area is 807 Å². The number of aliphatic carboxylic acids is 1. The molecule has 40 heteroatoms. The maximum atomic E-state index is 13.6. The number of amides is 4. The average molecular weight is 1910 g/mol. The summed E-state index contributed by atoms with van der Waals surface area (Å²) < 4.78 is 24.8. The van der Waals surface area contributed by atoms with Crippen molar-refractivity contribution in [1.29, 1.82) is 0 Å². The fraction of sp³-hybridized carbons (Fsp3) is 0.320. The number of nitrogen functional groups attached to an aromatic ring is 3. The van der Waals surface area contributed by atoms with Crippen LogP contribution in [0, 0.1) is 34.6 Å². The van der Waals surface area contributed by atoms with E-state index in [0.29, 0.717) is 119 Å². The Morgan fingerprint density at radius 1 is 0.371 bits per heavy atom. The van der Waals surface area contributed by atoms with E-state index in [1.54, 1.807) is 135 Å². The van der Waals surface area contributed by atoms with Crippen molar-refractivity contribution in [3.8, 4) is 45.7 Å². The molecule has 6 aliphatic rings. The molecule has 40 nitrogen and oxygen atoms in total. The van der Waals surface area contributed by atoms with Crippen LogP contribution in [0.1, 0.15) is 155 Å². The van der Waals surface area contributed by atoms with Crippen LogP contribution < -0.4 is 36.7 Å². The Balaban J connectivity index is 0.000000142. The molecule has 5 atom stereocenters. The van der Waals surface area contributed by atoms with Crippen molar-refractivity contribution in [2.45, 2.75) is 142 Å². The summed E-state index contributed by atoms with van der Waals surface area (Å²) >= 11 is 0. The molecular weight excluding hydrogens is 1790 g/mol. The van der Waals surface area contributed by atoms with Gasteiger partial charge in [0, 0.05) is 62.6 Å². The van der Waals surface area contributed by atoms with Crippen molar-refractivity contribution in [3.05, 3.63) is 274 Å². The van der Waals surface area contributed by atoms with Crippen molar-refractivity contribution in [1.82, 2.24) is 99.9 Å². The number of hydrogen-bond donors (Lipinski definition) is 6. The molecule has 0 saturated carbocycles. The van der Waals surface area contributed by atoms with Crippen LogP contribution in [0.15, 0.2) is 213 Å². The predicted octanol–water partition coefficient (Wildman–Crippen LogP) is 10.8. The number of ketones is 1. The lowest BCUT2D eigenvalue weighted by atomic mass is 10.00. The molecule has 0 spiro atoms. The first-order valence-electron chi connectivity index (χ1n) is 45.4. The number of fused-ring (bicyclic) bond motifs is 1. The van der Waals surface area contributed by atoms with Crippen LogP contribution in [0.25, 0.3) is 28.4 Å². The van der Waals surface area contributed by atoms with Gasteiger partial charge in [-0.2, -0.15) is 75.0 Å². The third kappa shape index (κ3) is 24.6. The number of Topliss-reactive ketones (excluding diaryl/α,β-unsaturated/α-hetero) is 1. The summed E-state index contributed by atoms with van der Waals surface area (Å²) in [6.45, 7) is 12.8. The topological polar surface area (TPSA) is 509 Å². The van der Waals surface area contributed by atoms with Crippen molar-refractivity contribution in [3.63, 3.8) is 0 Å². The molecule has 0 aliphatic carbocycles. The number of aromatic carboxylic acids is 1. The third-order valence-corrected chi connectivity index (χ3v) is 24.1. The maximum absolute atomic E-state index is 13.6. The standard InChI is InChI=1S/C23H25N5O3.C23H23N5O2.C16H18N4O3.C15H16N4O3.C10H9N3O2.C7H10N2O.C6H11NO2/c1-15-5-8-20(28-25-9-10-26-28)18(12-15)23(30)27-11-3-4-21(27)22(29)13-16-6-7-17(31-2)14-19(16)24;1-15-5-8-21(28-24-9-10-25-28)18(12-15)23(29)27-11-3-4-22(27)20-14-16-13-17(30-2)6-7-19(16)26-20;1-11-5-6-13(20-17-7-8-18-20)12(10-11)15(21)19-9-3-4-14(19)16(22)23-2;1-10-4-5-12(19-16-6-7-17-19)11(9-10)14(20)18-8-2-3-13(18)15(21)22;1-7-2-3-9(8(6-7)10(14)15)13-11-4-5-12-13;1-10-5-2-3-6(8)7(9)4-5;1-9-6(8)5-3-2-4-7-5/h5-10,12,14,21H,3-4,11,13,24H2,1-2H3;5-10,12-13,22H,3-4,11,14H2,1-2H3;5-8,10,14H,3-4,9H2,1-2H3;4-7,9,13H,2-3,8H2,1H3,(H,21,22);2-6H,1H3,(H,14,15);2-4H,8-9H2,1H3;5,7H,2-4H2,1H3/t21-;22-;14-;13-;;;5-/m0000..0/s1. The predicted molar refractivity (Wildman–Crippen MR) is 518 cm³/mol. The minimum absolute atomic E-state index is 0.00439. The van der Waals surface area contributed by atoms with Gasteiger partial charge in [-0.3, -0.25) is 33.8 Å². The van der Waals surface area contributed by atoms with Gasteiger partial charge < -0.3 is 76.0 Å². The number of rotatable bonds is 20. The molecule has 13 aromatic rings. The van der Waals surface area contributed by atoms with Crippen molar-refractivity contribution < 1.29 is 77.0 Å². The highest BCUT2D eigenvalue weighted by atomic mass is 16.5. The molecule has 0 bridgehead atoms. The summed E-state index contributed by atoms with van der Waals surface area (Å²) in [5.74, 6) is -0.931. The van der Waals surface area contributed by atoms with Crippen LogP contribution in [0.4, 0.5) is 22.7 Å². The highest BCUT2D eigenvalue weighted by molar-refractivity contribution is 6.06. The van der Waals surface area contributed by atoms with E-state index >= 15 is 0 Å². The van der Waals surface area contributed by atoms with Gasteiger partial charge in [0.15, 0.2) is 5.78 Å². The highest BCUT2D eigenvalue weighted by Gasteiger charge is 2.41. The molecular formula is C100H112N24O16. The summed E-state index contributed by atoms with van der Waals surface area (Å²) in [5, 5.41) is 62.2. The molecule has 0 radical (unpaired) electrons. The van der Waals surface area contributed by atoms with Gasteiger partial charge in [-0.05, 0) is 214 Å². The highest BCUT2D eigenvalue weighted by Crippen LogP contribution is 2.37.